The van der Waals surface area contributed by atoms with Crippen LogP contribution in [0.1, 0.15) is 0 Å². The molecule has 0 atom stereocenters. The molecule has 0 aliphatic carbocycles. The molecular weight excluding hydrogens is 436 g/mol. The first-order valence-corrected chi connectivity index (χ1v) is 11.9. The third kappa shape index (κ3) is 4.62. The molecule has 1 aliphatic heterocycles. The SMILES string of the molecule is CN(c1ccccc1)S(=O)(=O)c1ccc(-c2ccnc(NCCN3CCNC3=O)n2)s1. The van der Waals surface area contributed by atoms with Crippen LogP contribution in [0.5, 0.6) is 0 Å². The highest BCUT2D eigenvalue weighted by Gasteiger charge is 2.24. The van der Waals surface area contributed by atoms with Crippen molar-refractivity contribution in [2.45, 2.75) is 4.21 Å². The fourth-order valence-electron chi connectivity index (χ4n) is 3.12. The number of carbonyl (C=O) groups is 1. The van der Waals surface area contributed by atoms with Gasteiger partial charge in [-0.2, -0.15) is 0 Å². The van der Waals surface area contributed by atoms with E-state index in [1.165, 1.54) is 11.4 Å². The van der Waals surface area contributed by atoms with Crippen LogP contribution in [0.3, 0.4) is 0 Å². The second-order valence-electron chi connectivity index (χ2n) is 6.84. The number of thiophene rings is 1. The molecule has 11 heteroatoms. The summed E-state index contributed by atoms with van der Waals surface area (Å²) in [4.78, 5) is 22.7. The zero-order valence-electron chi connectivity index (χ0n) is 16.9. The number of amides is 2. The van der Waals surface area contributed by atoms with Crippen LogP contribution in [0.15, 0.2) is 58.9 Å². The van der Waals surface area contributed by atoms with Crippen molar-refractivity contribution >= 4 is 39.0 Å². The van der Waals surface area contributed by atoms with Gasteiger partial charge in [0.2, 0.25) is 5.95 Å². The first-order chi connectivity index (χ1) is 14.9. The number of urea groups is 1. The van der Waals surface area contributed by atoms with Crippen molar-refractivity contribution in [3.63, 3.8) is 0 Å². The van der Waals surface area contributed by atoms with E-state index in [0.29, 0.717) is 43.5 Å². The summed E-state index contributed by atoms with van der Waals surface area (Å²) in [6.45, 7) is 2.41. The van der Waals surface area contributed by atoms with Gasteiger partial charge in [-0.25, -0.2) is 23.2 Å². The van der Waals surface area contributed by atoms with E-state index in [1.54, 1.807) is 53.6 Å². The predicted molar refractivity (Wildman–Crippen MR) is 121 cm³/mol. The fourth-order valence-corrected chi connectivity index (χ4v) is 5.76. The lowest BCUT2D eigenvalue weighted by atomic mass is 10.3. The number of benzene rings is 1. The van der Waals surface area contributed by atoms with Crippen LogP contribution in [0.2, 0.25) is 0 Å². The van der Waals surface area contributed by atoms with E-state index in [4.69, 9.17) is 0 Å². The molecule has 3 heterocycles. The quantitative estimate of drug-likeness (QED) is 0.537. The van der Waals surface area contributed by atoms with Gasteiger partial charge in [0.25, 0.3) is 10.0 Å². The third-order valence-corrected chi connectivity index (χ3v) is 8.19. The maximum Gasteiger partial charge on any atom is 0.317 e. The number of carbonyl (C=O) groups excluding carboxylic acids is 1. The third-order valence-electron chi connectivity index (χ3n) is 4.83. The Labute approximate surface area is 184 Å². The number of hydrogen-bond acceptors (Lipinski definition) is 7. The second-order valence-corrected chi connectivity index (χ2v) is 10.1. The zero-order chi connectivity index (χ0) is 21.8. The number of nitrogens with zero attached hydrogens (tertiary/aromatic N) is 4. The minimum Gasteiger partial charge on any atom is -0.352 e. The smallest absolute Gasteiger partial charge is 0.317 e. The number of sulfonamides is 1. The largest absolute Gasteiger partial charge is 0.352 e. The van der Waals surface area contributed by atoms with Crippen LogP contribution in [-0.4, -0.2) is 62.5 Å². The van der Waals surface area contributed by atoms with E-state index < -0.39 is 10.0 Å². The normalized spacial score (nSPS) is 13.8. The Morgan fingerprint density at radius 3 is 2.74 bits per heavy atom. The number of rotatable bonds is 8. The average Bonchev–Trinajstić information content (AvgIpc) is 3.44. The monoisotopic (exact) mass is 458 g/mol. The van der Waals surface area contributed by atoms with E-state index >= 15 is 0 Å². The van der Waals surface area contributed by atoms with Gasteiger partial charge < -0.3 is 15.5 Å². The van der Waals surface area contributed by atoms with Gasteiger partial charge in [0, 0.05) is 39.4 Å². The minimum atomic E-state index is -3.67. The van der Waals surface area contributed by atoms with Crippen molar-refractivity contribution in [1.29, 1.82) is 0 Å². The summed E-state index contributed by atoms with van der Waals surface area (Å²) in [6, 6.07) is 14.0. The Morgan fingerprint density at radius 2 is 2.00 bits per heavy atom. The van der Waals surface area contributed by atoms with Crippen LogP contribution >= 0.6 is 11.3 Å². The number of anilines is 2. The van der Waals surface area contributed by atoms with Gasteiger partial charge in [-0.1, -0.05) is 18.2 Å². The number of aromatic nitrogens is 2. The molecule has 2 amide bonds. The van der Waals surface area contributed by atoms with Crippen LogP contribution in [-0.2, 0) is 10.0 Å². The molecule has 1 fully saturated rings. The predicted octanol–water partition coefficient (Wildman–Crippen LogP) is 2.47. The van der Waals surface area contributed by atoms with E-state index in [9.17, 15) is 13.2 Å². The first kappa shape index (κ1) is 21.1. The van der Waals surface area contributed by atoms with Gasteiger partial charge in [-0.05, 0) is 30.3 Å². The van der Waals surface area contributed by atoms with Gasteiger partial charge >= 0.3 is 6.03 Å². The molecule has 31 heavy (non-hydrogen) atoms. The highest BCUT2D eigenvalue weighted by Crippen LogP contribution is 2.32. The maximum atomic E-state index is 13.0. The fraction of sp³-hybridized carbons (Fsp3) is 0.250. The van der Waals surface area contributed by atoms with E-state index in [-0.39, 0.29) is 10.2 Å². The van der Waals surface area contributed by atoms with E-state index in [1.807, 2.05) is 6.07 Å². The Hall–Kier alpha value is -3.18. The van der Waals surface area contributed by atoms with Gasteiger partial charge in [-0.15, -0.1) is 11.3 Å². The van der Waals surface area contributed by atoms with Crippen LogP contribution in [0, 0.1) is 0 Å². The molecule has 0 saturated carbocycles. The maximum absolute atomic E-state index is 13.0. The Morgan fingerprint density at radius 1 is 1.19 bits per heavy atom. The van der Waals surface area contributed by atoms with Crippen molar-refractivity contribution in [3.05, 3.63) is 54.7 Å². The molecule has 9 nitrogen and oxygen atoms in total. The summed E-state index contributed by atoms with van der Waals surface area (Å²) in [7, 11) is -2.13. The topological polar surface area (TPSA) is 108 Å². The van der Waals surface area contributed by atoms with Crippen molar-refractivity contribution in [2.24, 2.45) is 0 Å². The molecule has 1 aromatic carbocycles. The van der Waals surface area contributed by atoms with Gasteiger partial charge in [-0.3, -0.25) is 4.31 Å². The lowest BCUT2D eigenvalue weighted by molar-refractivity contribution is 0.219. The van der Waals surface area contributed by atoms with Crippen molar-refractivity contribution in [3.8, 4) is 10.6 Å². The van der Waals surface area contributed by atoms with Crippen LogP contribution in [0.4, 0.5) is 16.4 Å². The Bertz CT molecular complexity index is 1170. The van der Waals surface area contributed by atoms with Gasteiger partial charge in [0.05, 0.1) is 16.3 Å². The summed E-state index contributed by atoms with van der Waals surface area (Å²) in [5, 5.41) is 5.87. The zero-order valence-corrected chi connectivity index (χ0v) is 18.5. The van der Waals surface area contributed by atoms with Crippen molar-refractivity contribution in [1.82, 2.24) is 20.2 Å². The average molecular weight is 459 g/mol. The molecule has 2 N–H and O–H groups in total. The molecule has 0 spiro atoms. The molecule has 1 aliphatic rings. The number of para-hydroxylation sites is 1. The number of hydrogen-bond donors (Lipinski definition) is 2. The summed E-state index contributed by atoms with van der Waals surface area (Å²) in [5.41, 5.74) is 1.22. The summed E-state index contributed by atoms with van der Waals surface area (Å²) in [6.07, 6.45) is 1.62. The van der Waals surface area contributed by atoms with E-state index in [2.05, 4.69) is 20.6 Å². The van der Waals surface area contributed by atoms with Crippen molar-refractivity contribution in [2.75, 3.05) is 42.8 Å². The first-order valence-electron chi connectivity index (χ1n) is 9.69. The van der Waals surface area contributed by atoms with Crippen molar-refractivity contribution < 1.29 is 13.2 Å². The summed E-state index contributed by atoms with van der Waals surface area (Å²) in [5.74, 6) is 0.427. The van der Waals surface area contributed by atoms with Crippen LogP contribution in [0.25, 0.3) is 10.6 Å². The molecule has 0 bridgehead atoms. The molecule has 2 aromatic heterocycles. The highest BCUT2D eigenvalue weighted by atomic mass is 32.2. The molecule has 0 radical (unpaired) electrons. The lowest BCUT2D eigenvalue weighted by Gasteiger charge is -2.18. The molecule has 162 valence electrons. The number of nitrogens with one attached hydrogen (secondary N) is 2. The highest BCUT2D eigenvalue weighted by molar-refractivity contribution is 7.94. The summed E-state index contributed by atoms with van der Waals surface area (Å²) < 4.78 is 27.5. The van der Waals surface area contributed by atoms with E-state index in [0.717, 1.165) is 16.2 Å². The molecule has 0 unspecified atom stereocenters. The Balaban J connectivity index is 1.46. The Kier molecular flexibility index (Phi) is 6.05. The van der Waals surface area contributed by atoms with Gasteiger partial charge in [0.15, 0.2) is 0 Å². The van der Waals surface area contributed by atoms with Gasteiger partial charge in [0.1, 0.15) is 4.21 Å². The van der Waals surface area contributed by atoms with Crippen LogP contribution < -0.4 is 14.9 Å². The summed E-state index contributed by atoms with van der Waals surface area (Å²) >= 11 is 1.16. The molecule has 3 aromatic rings. The molecule has 4 rings (SSSR count). The lowest BCUT2D eigenvalue weighted by Crippen LogP contribution is -2.32. The molecule has 1 saturated heterocycles. The minimum absolute atomic E-state index is 0.0655. The molecular formula is C20H22N6O3S2. The second kappa shape index (κ2) is 8.90. The standard InChI is InChI=1S/C20H22N6O3S2/c1-25(15-5-3-2-4-6-15)31(28,29)18-8-7-17(30-18)16-9-10-21-19(24-16)22-11-13-26-14-12-23-20(26)27/h2-10H,11-14H2,1H3,(H,23,27)(H,21,22,24).